The highest BCUT2D eigenvalue weighted by Crippen LogP contribution is 2.24. The van der Waals surface area contributed by atoms with Gasteiger partial charge in [-0.15, -0.1) is 13.2 Å². The van der Waals surface area contributed by atoms with Crippen LogP contribution in [0.4, 0.5) is 18.9 Å². The van der Waals surface area contributed by atoms with E-state index in [0.717, 1.165) is 12.1 Å². The normalized spacial score (nSPS) is 11.1. The molecule has 0 aliphatic carbocycles. The molecule has 1 aromatic heterocycles. The highest BCUT2D eigenvalue weighted by Gasteiger charge is 2.31. The molecule has 0 radical (unpaired) electrons. The molecule has 0 saturated carbocycles. The van der Waals surface area contributed by atoms with Gasteiger partial charge in [0, 0.05) is 24.6 Å². The van der Waals surface area contributed by atoms with Gasteiger partial charge >= 0.3 is 6.36 Å². The first-order chi connectivity index (χ1) is 14.6. The van der Waals surface area contributed by atoms with E-state index in [1.807, 2.05) is 6.07 Å². The first-order valence-corrected chi connectivity index (χ1v) is 9.32. The molecule has 0 spiro atoms. The molecule has 31 heavy (non-hydrogen) atoms. The molecule has 2 N–H and O–H groups in total. The number of hydrogen-bond acceptors (Lipinski definition) is 4. The Morgan fingerprint density at radius 2 is 1.77 bits per heavy atom. The number of halogens is 3. The van der Waals surface area contributed by atoms with Crippen LogP contribution in [-0.2, 0) is 4.79 Å². The van der Waals surface area contributed by atoms with Crippen LogP contribution in [0.2, 0.25) is 0 Å². The summed E-state index contributed by atoms with van der Waals surface area (Å²) < 4.78 is 42.3. The van der Waals surface area contributed by atoms with Crippen molar-refractivity contribution in [3.05, 3.63) is 71.3 Å². The number of likely N-dealkylation sites (N-methyl/N-ethyl adjacent to an activating group) is 1. The van der Waals surface area contributed by atoms with Crippen molar-refractivity contribution in [3.63, 3.8) is 0 Å². The van der Waals surface area contributed by atoms with Gasteiger partial charge < -0.3 is 19.9 Å². The number of benzene rings is 2. The number of hydrogen-bond donors (Lipinski definition) is 2. The largest absolute Gasteiger partial charge is 0.573 e. The van der Waals surface area contributed by atoms with Crippen LogP contribution in [0.5, 0.6) is 5.75 Å². The van der Waals surface area contributed by atoms with Crippen molar-refractivity contribution in [1.82, 2.24) is 14.5 Å². The van der Waals surface area contributed by atoms with Crippen molar-refractivity contribution in [3.8, 4) is 11.4 Å². The molecule has 7 nitrogen and oxygen atoms in total. The van der Waals surface area contributed by atoms with Crippen LogP contribution in [0, 0.1) is 4.77 Å². The molecule has 0 unspecified atom stereocenters. The number of carbonyl (C=O) groups excluding carboxylic acids is 2. The number of alkyl halides is 3. The molecule has 2 aromatic carbocycles. The molecule has 0 atom stereocenters. The Bertz CT molecular complexity index is 1130. The molecule has 3 aromatic rings. The number of nitrogens with zero attached hydrogens (tertiary/aromatic N) is 2. The summed E-state index contributed by atoms with van der Waals surface area (Å²) in [6.45, 7) is -0.285. The molecule has 0 bridgehead atoms. The summed E-state index contributed by atoms with van der Waals surface area (Å²) in [5.74, 6) is -1.38. The number of carbonyl (C=O) groups is 2. The van der Waals surface area contributed by atoms with Crippen molar-refractivity contribution in [1.29, 1.82) is 0 Å². The van der Waals surface area contributed by atoms with Crippen LogP contribution in [-0.4, -0.2) is 46.2 Å². The summed E-state index contributed by atoms with van der Waals surface area (Å²) in [5.41, 5.74) is 1.20. The van der Waals surface area contributed by atoms with Crippen molar-refractivity contribution < 1.29 is 27.5 Å². The maximum atomic E-state index is 12.9. The van der Waals surface area contributed by atoms with Crippen LogP contribution >= 0.6 is 12.2 Å². The first-order valence-electron chi connectivity index (χ1n) is 8.91. The predicted octanol–water partition coefficient (Wildman–Crippen LogP) is 4.14. The minimum absolute atomic E-state index is 0.250. The number of ether oxygens (including phenoxy) is 1. The third-order valence-corrected chi connectivity index (χ3v) is 4.41. The Morgan fingerprint density at radius 3 is 2.39 bits per heavy atom. The minimum Gasteiger partial charge on any atom is -0.406 e. The van der Waals surface area contributed by atoms with Crippen molar-refractivity contribution in [2.75, 3.05) is 18.9 Å². The van der Waals surface area contributed by atoms with E-state index in [-0.39, 0.29) is 17.9 Å². The van der Waals surface area contributed by atoms with E-state index >= 15 is 0 Å². The number of anilines is 1. The molecule has 11 heteroatoms. The quantitative estimate of drug-likeness (QED) is 0.553. The van der Waals surface area contributed by atoms with Crippen LogP contribution in [0.25, 0.3) is 5.69 Å². The Balaban J connectivity index is 1.66. The first kappa shape index (κ1) is 22.1. The third kappa shape index (κ3) is 5.72. The van der Waals surface area contributed by atoms with Crippen LogP contribution < -0.4 is 10.1 Å². The van der Waals surface area contributed by atoms with E-state index in [0.29, 0.717) is 10.5 Å². The zero-order chi connectivity index (χ0) is 22.6. The third-order valence-electron chi connectivity index (χ3n) is 4.11. The average molecular weight is 450 g/mol. The highest BCUT2D eigenvalue weighted by atomic mass is 32.1. The number of aromatic nitrogens is 2. The summed E-state index contributed by atoms with van der Waals surface area (Å²) in [7, 11) is 1.45. The van der Waals surface area contributed by atoms with Crippen LogP contribution in [0.3, 0.4) is 0 Å². The standard InChI is InChI=1S/C20H17F3N4O3S/c1-26(12-17(28)25-13-7-9-15(10-8-13)30-20(21,22)23)18(29)16-11-24-19(31)27(16)14-5-3-2-4-6-14/h2-11H,12H2,1H3,(H,24,31)(H,25,28). The molecule has 1 heterocycles. The highest BCUT2D eigenvalue weighted by molar-refractivity contribution is 7.71. The van der Waals surface area contributed by atoms with Gasteiger partial charge in [-0.2, -0.15) is 0 Å². The Morgan fingerprint density at radius 1 is 1.13 bits per heavy atom. The van der Waals surface area contributed by atoms with Gasteiger partial charge in [0.2, 0.25) is 5.91 Å². The van der Waals surface area contributed by atoms with E-state index in [1.54, 1.807) is 28.8 Å². The summed E-state index contributed by atoms with van der Waals surface area (Å²) in [5, 5.41) is 2.52. The summed E-state index contributed by atoms with van der Waals surface area (Å²) in [4.78, 5) is 29.2. The molecule has 3 rings (SSSR count). The zero-order valence-electron chi connectivity index (χ0n) is 16.1. The lowest BCUT2D eigenvalue weighted by Crippen LogP contribution is -2.35. The average Bonchev–Trinajstić information content (AvgIpc) is 3.09. The van der Waals surface area contributed by atoms with Gasteiger partial charge in [0.25, 0.3) is 5.91 Å². The van der Waals surface area contributed by atoms with E-state index in [9.17, 15) is 22.8 Å². The topological polar surface area (TPSA) is 79.4 Å². The molecule has 162 valence electrons. The molecule has 0 aliphatic heterocycles. The second kappa shape index (κ2) is 9.04. The van der Waals surface area contributed by atoms with Gasteiger partial charge in [0.15, 0.2) is 4.77 Å². The van der Waals surface area contributed by atoms with Crippen LogP contribution in [0.1, 0.15) is 10.5 Å². The fraction of sp³-hybridized carbons (Fsp3) is 0.150. The number of para-hydroxylation sites is 1. The molecule has 0 saturated heterocycles. The van der Waals surface area contributed by atoms with Gasteiger partial charge in [0.05, 0.1) is 6.54 Å². The van der Waals surface area contributed by atoms with E-state index < -0.39 is 23.9 Å². The minimum atomic E-state index is -4.80. The van der Waals surface area contributed by atoms with E-state index in [1.165, 1.54) is 30.3 Å². The number of amides is 2. The number of H-pyrrole nitrogens is 1. The van der Waals surface area contributed by atoms with Gasteiger partial charge in [-0.3, -0.25) is 14.2 Å². The smallest absolute Gasteiger partial charge is 0.406 e. The maximum absolute atomic E-state index is 12.9. The number of rotatable bonds is 6. The van der Waals surface area contributed by atoms with Crippen LogP contribution in [0.15, 0.2) is 60.8 Å². The second-order valence-corrected chi connectivity index (χ2v) is 6.82. The van der Waals surface area contributed by atoms with Gasteiger partial charge in [-0.25, -0.2) is 0 Å². The maximum Gasteiger partial charge on any atom is 0.573 e. The Labute approximate surface area is 180 Å². The number of imidazole rings is 1. The Hall–Kier alpha value is -3.60. The number of aromatic amines is 1. The molecule has 0 fully saturated rings. The van der Waals surface area contributed by atoms with Gasteiger partial charge in [0.1, 0.15) is 11.4 Å². The summed E-state index contributed by atoms with van der Waals surface area (Å²) >= 11 is 5.26. The molecular weight excluding hydrogens is 433 g/mol. The molecular formula is C20H17F3N4O3S. The fourth-order valence-electron chi connectivity index (χ4n) is 2.78. The Kier molecular flexibility index (Phi) is 6.44. The van der Waals surface area contributed by atoms with Crippen molar-refractivity contribution in [2.45, 2.75) is 6.36 Å². The molecule has 0 aliphatic rings. The lowest BCUT2D eigenvalue weighted by Gasteiger charge is -2.18. The van der Waals surface area contributed by atoms with E-state index in [4.69, 9.17) is 12.2 Å². The van der Waals surface area contributed by atoms with Gasteiger partial charge in [-0.1, -0.05) is 18.2 Å². The number of nitrogens with one attached hydrogen (secondary N) is 2. The monoisotopic (exact) mass is 450 g/mol. The molecule has 2 amide bonds. The summed E-state index contributed by atoms with van der Waals surface area (Å²) in [6.07, 6.45) is -3.33. The zero-order valence-corrected chi connectivity index (χ0v) is 17.0. The lowest BCUT2D eigenvalue weighted by molar-refractivity contribution is -0.274. The van der Waals surface area contributed by atoms with E-state index in [2.05, 4.69) is 15.0 Å². The lowest BCUT2D eigenvalue weighted by atomic mass is 10.3. The van der Waals surface area contributed by atoms with Gasteiger partial charge in [-0.05, 0) is 48.6 Å². The van der Waals surface area contributed by atoms with Crippen molar-refractivity contribution in [2.24, 2.45) is 0 Å². The fourth-order valence-corrected chi connectivity index (χ4v) is 3.05. The summed E-state index contributed by atoms with van der Waals surface area (Å²) in [6, 6.07) is 13.7. The predicted molar refractivity (Wildman–Crippen MR) is 110 cm³/mol. The second-order valence-electron chi connectivity index (χ2n) is 6.43. The SMILES string of the molecule is CN(CC(=O)Nc1ccc(OC(F)(F)F)cc1)C(=O)c1c[nH]c(=S)n1-c1ccccc1. The van der Waals surface area contributed by atoms with Crippen molar-refractivity contribution >= 4 is 29.7 Å².